The molecule has 1 aliphatic carbocycles. The van der Waals surface area contributed by atoms with Crippen LogP contribution in [-0.4, -0.2) is 43.2 Å². The molecule has 0 saturated heterocycles. The van der Waals surface area contributed by atoms with Gasteiger partial charge in [0.15, 0.2) is 5.96 Å². The van der Waals surface area contributed by atoms with Gasteiger partial charge in [-0.25, -0.2) is 0 Å². The van der Waals surface area contributed by atoms with Crippen molar-refractivity contribution >= 4 is 29.9 Å². The summed E-state index contributed by atoms with van der Waals surface area (Å²) in [6.07, 6.45) is 3.46. The summed E-state index contributed by atoms with van der Waals surface area (Å²) in [7, 11) is 1.77. The fraction of sp³-hybridized carbons (Fsp3) is 0.909. The Hall–Kier alpha value is -0.0400. The highest BCUT2D eigenvalue weighted by atomic mass is 127. The Balaban J connectivity index is 0.00000225. The maximum absolute atomic E-state index is 5.90. The highest BCUT2D eigenvalue weighted by Crippen LogP contribution is 2.35. The molecule has 0 spiro atoms. The summed E-state index contributed by atoms with van der Waals surface area (Å²) < 4.78 is 5.49. The first-order chi connectivity index (χ1) is 7.17. The van der Waals surface area contributed by atoms with Crippen molar-refractivity contribution in [2.24, 2.45) is 10.7 Å². The molecule has 1 fully saturated rings. The molecule has 0 amide bonds. The van der Waals surface area contributed by atoms with Crippen LogP contribution in [0.15, 0.2) is 4.99 Å². The molecule has 0 aromatic carbocycles. The van der Waals surface area contributed by atoms with Crippen LogP contribution in [-0.2, 0) is 4.74 Å². The molecule has 5 heteroatoms. The number of nitrogens with zero attached hydrogens (tertiary/aromatic N) is 2. The highest BCUT2D eigenvalue weighted by molar-refractivity contribution is 14.0. The van der Waals surface area contributed by atoms with Crippen molar-refractivity contribution in [2.45, 2.75) is 38.7 Å². The zero-order valence-electron chi connectivity index (χ0n) is 10.5. The molecule has 4 nitrogen and oxygen atoms in total. The van der Waals surface area contributed by atoms with Gasteiger partial charge >= 0.3 is 0 Å². The summed E-state index contributed by atoms with van der Waals surface area (Å²) >= 11 is 0. The molecule has 0 bridgehead atoms. The lowest BCUT2D eigenvalue weighted by molar-refractivity contribution is -0.0631. The third-order valence-electron chi connectivity index (χ3n) is 3.31. The van der Waals surface area contributed by atoms with E-state index in [0.717, 1.165) is 25.9 Å². The van der Waals surface area contributed by atoms with E-state index in [0.29, 0.717) is 12.5 Å². The van der Waals surface area contributed by atoms with E-state index < -0.39 is 0 Å². The molecule has 0 aliphatic heterocycles. The predicted molar refractivity (Wildman–Crippen MR) is 78.4 cm³/mol. The molecule has 0 atom stereocenters. The summed E-state index contributed by atoms with van der Waals surface area (Å²) in [5, 5.41) is 0. The van der Waals surface area contributed by atoms with Crippen molar-refractivity contribution in [1.82, 2.24) is 4.90 Å². The minimum atomic E-state index is -0.0161. The second-order valence-corrected chi connectivity index (χ2v) is 4.09. The molecule has 0 unspecified atom stereocenters. The number of guanidine groups is 1. The maximum Gasteiger partial charge on any atom is 0.191 e. The van der Waals surface area contributed by atoms with Gasteiger partial charge in [-0.2, -0.15) is 0 Å². The number of hydrogen-bond donors (Lipinski definition) is 1. The molecular weight excluding hydrogens is 317 g/mol. The fourth-order valence-corrected chi connectivity index (χ4v) is 1.87. The number of hydrogen-bond acceptors (Lipinski definition) is 2. The van der Waals surface area contributed by atoms with Crippen molar-refractivity contribution in [3.8, 4) is 0 Å². The van der Waals surface area contributed by atoms with Crippen molar-refractivity contribution in [3.05, 3.63) is 0 Å². The first kappa shape index (κ1) is 16.0. The lowest BCUT2D eigenvalue weighted by Crippen LogP contribution is -2.44. The number of nitrogens with two attached hydrogens (primary N) is 1. The van der Waals surface area contributed by atoms with Crippen molar-refractivity contribution in [2.75, 3.05) is 26.7 Å². The van der Waals surface area contributed by atoms with E-state index in [1.807, 2.05) is 0 Å². The average Bonchev–Trinajstić information content (AvgIpc) is 2.19. The molecule has 0 heterocycles. The van der Waals surface area contributed by atoms with Crippen LogP contribution in [0.25, 0.3) is 0 Å². The van der Waals surface area contributed by atoms with E-state index >= 15 is 0 Å². The molecule has 1 saturated carbocycles. The second kappa shape index (κ2) is 7.32. The molecular formula is C11H24IN3O. The van der Waals surface area contributed by atoms with Gasteiger partial charge in [0.1, 0.15) is 0 Å². The molecule has 0 radical (unpaired) electrons. The van der Waals surface area contributed by atoms with E-state index in [4.69, 9.17) is 10.5 Å². The zero-order valence-corrected chi connectivity index (χ0v) is 12.9. The van der Waals surface area contributed by atoms with Gasteiger partial charge in [-0.05, 0) is 33.1 Å². The number of ether oxygens (including phenoxy) is 1. The Morgan fingerprint density at radius 2 is 1.94 bits per heavy atom. The molecule has 0 aromatic heterocycles. The largest absolute Gasteiger partial charge is 0.376 e. The monoisotopic (exact) mass is 341 g/mol. The normalized spacial score (nSPS) is 18.6. The Morgan fingerprint density at radius 1 is 1.38 bits per heavy atom. The van der Waals surface area contributed by atoms with Gasteiger partial charge in [0.05, 0.1) is 12.1 Å². The number of halogens is 1. The van der Waals surface area contributed by atoms with Gasteiger partial charge in [0, 0.05) is 20.2 Å². The van der Waals surface area contributed by atoms with Crippen LogP contribution in [0.3, 0.4) is 0 Å². The van der Waals surface area contributed by atoms with Gasteiger partial charge in [0.2, 0.25) is 0 Å². The molecule has 1 aliphatic rings. The number of rotatable bonds is 5. The van der Waals surface area contributed by atoms with Crippen LogP contribution < -0.4 is 5.73 Å². The summed E-state index contributed by atoms with van der Waals surface area (Å²) in [6.45, 7) is 6.69. The number of aliphatic imine (C=N–C) groups is 1. The van der Waals surface area contributed by atoms with Crippen LogP contribution >= 0.6 is 24.0 Å². The SMILES string of the molecule is CCN(CC)C(N)=NCC1(OC)CCC1.I. The fourth-order valence-electron chi connectivity index (χ4n) is 1.87. The summed E-state index contributed by atoms with van der Waals surface area (Å²) in [6, 6.07) is 0. The lowest BCUT2D eigenvalue weighted by atomic mass is 9.80. The van der Waals surface area contributed by atoms with E-state index in [9.17, 15) is 0 Å². The maximum atomic E-state index is 5.90. The van der Waals surface area contributed by atoms with Gasteiger partial charge in [-0.15, -0.1) is 24.0 Å². The van der Waals surface area contributed by atoms with Crippen molar-refractivity contribution in [3.63, 3.8) is 0 Å². The lowest BCUT2D eigenvalue weighted by Gasteiger charge is -2.39. The van der Waals surface area contributed by atoms with Crippen molar-refractivity contribution in [1.29, 1.82) is 0 Å². The zero-order chi connectivity index (χ0) is 11.3. The third kappa shape index (κ3) is 3.76. The molecule has 16 heavy (non-hydrogen) atoms. The Morgan fingerprint density at radius 3 is 2.25 bits per heavy atom. The first-order valence-electron chi connectivity index (χ1n) is 5.77. The van der Waals surface area contributed by atoms with E-state index in [1.165, 1.54) is 6.42 Å². The van der Waals surface area contributed by atoms with Gasteiger partial charge in [0.25, 0.3) is 0 Å². The van der Waals surface area contributed by atoms with Crippen molar-refractivity contribution < 1.29 is 4.74 Å². The van der Waals surface area contributed by atoms with E-state index in [1.54, 1.807) is 7.11 Å². The molecule has 1 rings (SSSR count). The Labute approximate surface area is 116 Å². The van der Waals surface area contributed by atoms with Crippen LogP contribution in [0.4, 0.5) is 0 Å². The third-order valence-corrected chi connectivity index (χ3v) is 3.31. The van der Waals surface area contributed by atoms with E-state index in [-0.39, 0.29) is 29.6 Å². The van der Waals surface area contributed by atoms with Crippen LogP contribution in [0.2, 0.25) is 0 Å². The van der Waals surface area contributed by atoms with Crippen LogP contribution in [0.5, 0.6) is 0 Å². The molecule has 96 valence electrons. The molecule has 2 N–H and O–H groups in total. The minimum absolute atomic E-state index is 0. The summed E-state index contributed by atoms with van der Waals surface area (Å²) in [4.78, 5) is 6.48. The van der Waals surface area contributed by atoms with E-state index in [2.05, 4.69) is 23.7 Å². The highest BCUT2D eigenvalue weighted by Gasteiger charge is 2.36. The quantitative estimate of drug-likeness (QED) is 0.472. The molecule has 0 aromatic rings. The topological polar surface area (TPSA) is 50.8 Å². The van der Waals surface area contributed by atoms with Gasteiger partial charge < -0.3 is 15.4 Å². The minimum Gasteiger partial charge on any atom is -0.376 e. The van der Waals surface area contributed by atoms with Crippen LogP contribution in [0.1, 0.15) is 33.1 Å². The number of methoxy groups -OCH3 is 1. The predicted octanol–water partition coefficient (Wildman–Crippen LogP) is 1.83. The summed E-state index contributed by atoms with van der Waals surface area (Å²) in [5.74, 6) is 0.642. The van der Waals surface area contributed by atoms with Crippen LogP contribution in [0, 0.1) is 0 Å². The smallest absolute Gasteiger partial charge is 0.191 e. The average molecular weight is 341 g/mol. The Bertz CT molecular complexity index is 220. The summed E-state index contributed by atoms with van der Waals surface area (Å²) in [5.41, 5.74) is 5.88. The Kier molecular flexibility index (Phi) is 7.30. The van der Waals surface area contributed by atoms with Gasteiger partial charge in [-0.3, -0.25) is 4.99 Å². The standard InChI is InChI=1S/C11H23N3O.HI/c1-4-14(5-2)10(12)13-9-11(15-3)7-6-8-11;/h4-9H2,1-3H3,(H2,12,13);1H. The second-order valence-electron chi connectivity index (χ2n) is 4.09. The first-order valence-corrected chi connectivity index (χ1v) is 5.77. The van der Waals surface area contributed by atoms with Gasteiger partial charge in [-0.1, -0.05) is 0 Å².